The van der Waals surface area contributed by atoms with Gasteiger partial charge in [0.05, 0.1) is 17.1 Å². The van der Waals surface area contributed by atoms with E-state index in [1.807, 2.05) is 37.3 Å². The highest BCUT2D eigenvalue weighted by atomic mass is 32.1. The number of fused-ring (bicyclic) bond motifs is 2. The van der Waals surface area contributed by atoms with E-state index in [1.165, 1.54) is 23.5 Å². The SMILES string of the molecule is C[C@@H](NC(=O)[C@H]1C[C@@H]1c1nc2ccccc2[nH]1)c1cc2ccc(F)cc2s1. The first kappa shape index (κ1) is 16.4. The Bertz CT molecular complexity index is 1130. The number of rotatable bonds is 4. The molecule has 1 saturated carbocycles. The summed E-state index contributed by atoms with van der Waals surface area (Å²) in [6, 6.07) is 14.6. The van der Waals surface area contributed by atoms with E-state index < -0.39 is 0 Å². The number of thiophene rings is 1. The zero-order valence-electron chi connectivity index (χ0n) is 14.7. The Morgan fingerprint density at radius 2 is 2.15 bits per heavy atom. The third kappa shape index (κ3) is 3.00. The summed E-state index contributed by atoms with van der Waals surface area (Å²) >= 11 is 1.52. The average molecular weight is 379 g/mol. The molecule has 2 heterocycles. The number of H-pyrrole nitrogens is 1. The molecular formula is C21H18FN3OS. The second-order valence-electron chi connectivity index (χ2n) is 7.15. The Labute approximate surface area is 159 Å². The molecule has 0 aliphatic heterocycles. The summed E-state index contributed by atoms with van der Waals surface area (Å²) in [5.41, 5.74) is 1.94. The van der Waals surface area contributed by atoms with Crippen molar-refractivity contribution in [3.05, 3.63) is 65.0 Å². The van der Waals surface area contributed by atoms with E-state index in [0.29, 0.717) is 0 Å². The van der Waals surface area contributed by atoms with Crippen LogP contribution in [0.5, 0.6) is 0 Å². The van der Waals surface area contributed by atoms with Crippen LogP contribution >= 0.6 is 11.3 Å². The molecule has 4 aromatic rings. The summed E-state index contributed by atoms with van der Waals surface area (Å²) in [6.45, 7) is 1.97. The Morgan fingerprint density at radius 1 is 1.30 bits per heavy atom. The molecule has 1 amide bonds. The molecule has 1 aliphatic rings. The highest BCUT2D eigenvalue weighted by Gasteiger charge is 2.46. The van der Waals surface area contributed by atoms with Crippen molar-refractivity contribution in [3.8, 4) is 0 Å². The number of hydrogen-bond acceptors (Lipinski definition) is 3. The van der Waals surface area contributed by atoms with Gasteiger partial charge in [0.2, 0.25) is 5.91 Å². The molecule has 27 heavy (non-hydrogen) atoms. The number of benzene rings is 2. The Kier molecular flexibility index (Phi) is 3.75. The van der Waals surface area contributed by atoms with Gasteiger partial charge in [0.1, 0.15) is 11.6 Å². The summed E-state index contributed by atoms with van der Waals surface area (Å²) in [5, 5.41) is 4.11. The lowest BCUT2D eigenvalue weighted by atomic mass is 10.2. The van der Waals surface area contributed by atoms with Gasteiger partial charge in [-0.05, 0) is 49.1 Å². The summed E-state index contributed by atoms with van der Waals surface area (Å²) in [7, 11) is 0. The molecule has 1 fully saturated rings. The number of halogens is 1. The average Bonchev–Trinajstić information content (AvgIpc) is 3.16. The minimum atomic E-state index is -0.237. The third-order valence-corrected chi connectivity index (χ3v) is 6.45. The summed E-state index contributed by atoms with van der Waals surface area (Å²) in [6.07, 6.45) is 0.815. The maximum Gasteiger partial charge on any atom is 0.224 e. The van der Waals surface area contributed by atoms with Crippen molar-refractivity contribution in [2.24, 2.45) is 5.92 Å². The minimum Gasteiger partial charge on any atom is -0.349 e. The van der Waals surface area contributed by atoms with E-state index in [1.54, 1.807) is 6.07 Å². The normalized spacial score (nSPS) is 20.1. The van der Waals surface area contributed by atoms with Crippen LogP contribution in [0.2, 0.25) is 0 Å². The standard InChI is InChI=1S/C21H18FN3OS/c1-11(18-8-12-6-7-13(22)9-19(12)27-18)23-21(26)15-10-14(15)20-24-16-4-2-3-5-17(16)25-20/h2-9,11,14-15H,10H2,1H3,(H,23,26)(H,24,25)/t11-,14+,15+/m1/s1. The molecule has 0 radical (unpaired) electrons. The van der Waals surface area contributed by atoms with Crippen LogP contribution in [0.15, 0.2) is 48.5 Å². The Morgan fingerprint density at radius 3 is 3.00 bits per heavy atom. The second kappa shape index (κ2) is 6.16. The van der Waals surface area contributed by atoms with Gasteiger partial charge in [-0.2, -0.15) is 0 Å². The van der Waals surface area contributed by atoms with Crippen molar-refractivity contribution < 1.29 is 9.18 Å². The summed E-state index contributed by atoms with van der Waals surface area (Å²) in [5.74, 6) is 0.818. The molecule has 4 nitrogen and oxygen atoms in total. The fraction of sp³-hybridized carbons (Fsp3) is 0.238. The van der Waals surface area contributed by atoms with Crippen LogP contribution in [-0.4, -0.2) is 15.9 Å². The van der Waals surface area contributed by atoms with Crippen LogP contribution < -0.4 is 5.32 Å². The Balaban J connectivity index is 1.28. The van der Waals surface area contributed by atoms with Gasteiger partial charge in [-0.15, -0.1) is 11.3 Å². The zero-order valence-corrected chi connectivity index (χ0v) is 15.5. The molecule has 2 aromatic heterocycles. The molecule has 0 bridgehead atoms. The molecular weight excluding hydrogens is 361 g/mol. The topological polar surface area (TPSA) is 57.8 Å². The molecule has 136 valence electrons. The highest BCUT2D eigenvalue weighted by Crippen LogP contribution is 2.47. The number of nitrogens with one attached hydrogen (secondary N) is 2. The zero-order chi connectivity index (χ0) is 18.5. The molecule has 2 aromatic carbocycles. The van der Waals surface area contributed by atoms with Gasteiger partial charge in [0.25, 0.3) is 0 Å². The molecule has 5 rings (SSSR count). The summed E-state index contributed by atoms with van der Waals surface area (Å²) < 4.78 is 14.3. The molecule has 2 N–H and O–H groups in total. The lowest BCUT2D eigenvalue weighted by Gasteiger charge is -2.11. The predicted octanol–water partition coefficient (Wildman–Crippen LogP) is 4.90. The number of nitrogens with zero attached hydrogens (tertiary/aromatic N) is 1. The van der Waals surface area contributed by atoms with E-state index in [9.17, 15) is 9.18 Å². The lowest BCUT2D eigenvalue weighted by molar-refractivity contribution is -0.123. The van der Waals surface area contributed by atoms with Gasteiger partial charge in [-0.25, -0.2) is 9.37 Å². The van der Waals surface area contributed by atoms with Crippen LogP contribution in [0.1, 0.15) is 36.0 Å². The number of amides is 1. The largest absolute Gasteiger partial charge is 0.349 e. The first-order valence-electron chi connectivity index (χ1n) is 9.02. The van der Waals surface area contributed by atoms with E-state index in [2.05, 4.69) is 15.3 Å². The number of hydrogen-bond donors (Lipinski definition) is 2. The van der Waals surface area contributed by atoms with Crippen molar-refractivity contribution in [1.82, 2.24) is 15.3 Å². The fourth-order valence-corrected chi connectivity index (χ4v) is 4.66. The molecule has 3 atom stereocenters. The maximum atomic E-state index is 13.4. The first-order chi connectivity index (χ1) is 13.1. The molecule has 0 saturated heterocycles. The van der Waals surface area contributed by atoms with Gasteiger partial charge < -0.3 is 10.3 Å². The van der Waals surface area contributed by atoms with Crippen molar-refractivity contribution in [2.75, 3.05) is 0 Å². The molecule has 0 spiro atoms. The first-order valence-corrected chi connectivity index (χ1v) is 9.84. The molecule has 0 unspecified atom stereocenters. The summed E-state index contributed by atoms with van der Waals surface area (Å²) in [4.78, 5) is 21.6. The van der Waals surface area contributed by atoms with Crippen LogP contribution in [0.4, 0.5) is 4.39 Å². The van der Waals surface area contributed by atoms with Crippen LogP contribution in [0.25, 0.3) is 21.1 Å². The molecule has 1 aliphatic carbocycles. The monoisotopic (exact) mass is 379 g/mol. The van der Waals surface area contributed by atoms with Gasteiger partial charge in [-0.3, -0.25) is 4.79 Å². The number of aromatic nitrogens is 2. The van der Waals surface area contributed by atoms with E-state index in [4.69, 9.17) is 0 Å². The van der Waals surface area contributed by atoms with E-state index in [0.717, 1.165) is 38.2 Å². The van der Waals surface area contributed by atoms with E-state index in [-0.39, 0.29) is 29.6 Å². The van der Waals surface area contributed by atoms with Gasteiger partial charge in [0.15, 0.2) is 0 Å². The third-order valence-electron chi connectivity index (χ3n) is 5.17. The molecule has 6 heteroatoms. The van der Waals surface area contributed by atoms with Crippen LogP contribution in [-0.2, 0) is 4.79 Å². The van der Waals surface area contributed by atoms with Crippen molar-refractivity contribution in [3.63, 3.8) is 0 Å². The Hall–Kier alpha value is -2.73. The number of para-hydroxylation sites is 2. The number of imidazole rings is 1. The van der Waals surface area contributed by atoms with E-state index >= 15 is 0 Å². The second-order valence-corrected chi connectivity index (χ2v) is 8.26. The smallest absolute Gasteiger partial charge is 0.224 e. The van der Waals surface area contributed by atoms with Gasteiger partial charge in [0, 0.05) is 21.4 Å². The quantitative estimate of drug-likeness (QED) is 0.530. The fourth-order valence-electron chi connectivity index (χ4n) is 3.57. The van der Waals surface area contributed by atoms with Crippen molar-refractivity contribution in [1.29, 1.82) is 0 Å². The van der Waals surface area contributed by atoms with Crippen LogP contribution in [0, 0.1) is 11.7 Å². The predicted molar refractivity (Wildman–Crippen MR) is 105 cm³/mol. The van der Waals surface area contributed by atoms with Gasteiger partial charge >= 0.3 is 0 Å². The lowest BCUT2D eigenvalue weighted by Crippen LogP contribution is -2.28. The maximum absolute atomic E-state index is 13.4. The van der Waals surface area contributed by atoms with Gasteiger partial charge in [-0.1, -0.05) is 18.2 Å². The van der Waals surface area contributed by atoms with Crippen molar-refractivity contribution in [2.45, 2.75) is 25.3 Å². The highest BCUT2D eigenvalue weighted by molar-refractivity contribution is 7.19. The van der Waals surface area contributed by atoms with Crippen LogP contribution in [0.3, 0.4) is 0 Å². The number of carbonyl (C=O) groups is 1. The number of carbonyl (C=O) groups excluding carboxylic acids is 1. The van der Waals surface area contributed by atoms with Crippen molar-refractivity contribution >= 4 is 38.4 Å². The number of aromatic amines is 1. The minimum absolute atomic E-state index is 0.0418.